The summed E-state index contributed by atoms with van der Waals surface area (Å²) in [6, 6.07) is 9.92. The summed E-state index contributed by atoms with van der Waals surface area (Å²) in [7, 11) is 0. The van der Waals surface area contributed by atoms with Crippen molar-refractivity contribution in [2.24, 2.45) is 17.6 Å². The topological polar surface area (TPSA) is 91.0 Å². The predicted octanol–water partition coefficient (Wildman–Crippen LogP) is 1.99. The van der Waals surface area contributed by atoms with E-state index < -0.39 is 12.0 Å². The van der Waals surface area contributed by atoms with Crippen LogP contribution in [0.1, 0.15) is 37.7 Å². The number of aliphatic hydroxyl groups excluding tert-OH is 1. The van der Waals surface area contributed by atoms with Gasteiger partial charge in [-0.2, -0.15) is 0 Å². The van der Waals surface area contributed by atoms with Crippen molar-refractivity contribution in [3.63, 3.8) is 0 Å². The Morgan fingerprint density at radius 1 is 1.19 bits per heavy atom. The van der Waals surface area contributed by atoms with Crippen molar-refractivity contribution in [2.75, 3.05) is 13.2 Å². The second kappa shape index (κ2) is 9.46. The zero-order chi connectivity index (χ0) is 18.4. The van der Waals surface area contributed by atoms with Crippen LogP contribution in [-0.2, 0) is 25.6 Å². The number of aliphatic hydroxyl groups is 1. The lowest BCUT2D eigenvalue weighted by molar-refractivity contribution is -0.178. The average Bonchev–Trinajstić information content (AvgIpc) is 2.94. The molecule has 5 atom stereocenters. The van der Waals surface area contributed by atoms with Crippen molar-refractivity contribution < 1.29 is 24.1 Å². The van der Waals surface area contributed by atoms with Crippen LogP contribution in [0.2, 0.25) is 0 Å². The van der Waals surface area contributed by atoms with E-state index in [0.717, 1.165) is 31.4 Å². The van der Waals surface area contributed by atoms with Gasteiger partial charge in [-0.15, -0.1) is 0 Å². The second-order valence-electron chi connectivity index (χ2n) is 7.27. The number of benzene rings is 1. The molecule has 1 aliphatic heterocycles. The Bertz CT molecular complexity index is 561. The summed E-state index contributed by atoms with van der Waals surface area (Å²) in [5.41, 5.74) is 6.47. The Balaban J connectivity index is 1.61. The Labute approximate surface area is 154 Å². The van der Waals surface area contributed by atoms with Gasteiger partial charge in [-0.05, 0) is 24.8 Å². The van der Waals surface area contributed by atoms with E-state index in [1.807, 2.05) is 30.3 Å². The molecule has 1 saturated carbocycles. The van der Waals surface area contributed by atoms with Gasteiger partial charge in [0.1, 0.15) is 0 Å². The fourth-order valence-corrected chi connectivity index (χ4v) is 3.93. The van der Waals surface area contributed by atoms with E-state index in [-0.39, 0.29) is 30.7 Å². The van der Waals surface area contributed by atoms with Crippen LogP contribution in [0.4, 0.5) is 0 Å². The van der Waals surface area contributed by atoms with Crippen LogP contribution < -0.4 is 5.73 Å². The van der Waals surface area contributed by atoms with Gasteiger partial charge in [0, 0.05) is 31.3 Å². The van der Waals surface area contributed by atoms with Gasteiger partial charge in [0.05, 0.1) is 25.4 Å². The first-order valence-electron chi connectivity index (χ1n) is 9.48. The molecule has 3 N–H and O–H groups in total. The van der Waals surface area contributed by atoms with Crippen LogP contribution in [0.5, 0.6) is 0 Å². The number of amides is 1. The monoisotopic (exact) mass is 363 g/mol. The first-order chi connectivity index (χ1) is 12.6. The molecule has 5 unspecified atom stereocenters. The first-order valence-corrected chi connectivity index (χ1v) is 9.48. The van der Waals surface area contributed by atoms with Crippen LogP contribution in [0.15, 0.2) is 30.3 Å². The Morgan fingerprint density at radius 3 is 2.69 bits per heavy atom. The summed E-state index contributed by atoms with van der Waals surface area (Å²) in [5, 5.41) is 10.4. The SMILES string of the molecule is NC(=O)CC1C(O)CC(OCc2ccccc2)C1COC1CCCCO1. The third-order valence-electron chi connectivity index (χ3n) is 5.35. The summed E-state index contributed by atoms with van der Waals surface area (Å²) < 4.78 is 17.7. The molecule has 1 aromatic carbocycles. The summed E-state index contributed by atoms with van der Waals surface area (Å²) in [5.74, 6) is -0.722. The van der Waals surface area contributed by atoms with Gasteiger partial charge in [-0.3, -0.25) is 4.79 Å². The minimum absolute atomic E-state index is 0.0771. The fraction of sp³-hybridized carbons (Fsp3) is 0.650. The standard InChI is InChI=1S/C20H29NO5/c21-19(23)10-15-16(13-26-20-8-4-5-9-24-20)18(11-17(15)22)25-12-14-6-2-1-3-7-14/h1-3,6-7,15-18,20,22H,4-5,8-13H2,(H2,21,23). The predicted molar refractivity (Wildman–Crippen MR) is 96.0 cm³/mol. The molecule has 2 fully saturated rings. The van der Waals surface area contributed by atoms with Crippen LogP contribution in [0.3, 0.4) is 0 Å². The number of rotatable bonds is 8. The molecule has 2 aliphatic rings. The molecular formula is C20H29NO5. The maximum absolute atomic E-state index is 11.4. The van der Waals surface area contributed by atoms with E-state index in [1.165, 1.54) is 0 Å². The largest absolute Gasteiger partial charge is 0.393 e. The lowest BCUT2D eigenvalue weighted by Crippen LogP contribution is -2.34. The number of carbonyl (C=O) groups is 1. The highest BCUT2D eigenvalue weighted by Gasteiger charge is 2.44. The minimum atomic E-state index is -0.607. The second-order valence-corrected chi connectivity index (χ2v) is 7.27. The lowest BCUT2D eigenvalue weighted by Gasteiger charge is -2.29. The summed E-state index contributed by atoms with van der Waals surface area (Å²) in [6.45, 7) is 1.59. The highest BCUT2D eigenvalue weighted by Crippen LogP contribution is 2.38. The zero-order valence-electron chi connectivity index (χ0n) is 15.1. The smallest absolute Gasteiger partial charge is 0.217 e. The quantitative estimate of drug-likeness (QED) is 0.737. The van der Waals surface area contributed by atoms with Gasteiger partial charge in [0.2, 0.25) is 5.91 Å². The van der Waals surface area contributed by atoms with Crippen LogP contribution in [-0.4, -0.2) is 42.7 Å². The Kier molecular flexibility index (Phi) is 7.02. The molecule has 6 heteroatoms. The van der Waals surface area contributed by atoms with Crippen molar-refractivity contribution in [3.8, 4) is 0 Å². The first kappa shape index (κ1) is 19.3. The Hall–Kier alpha value is -1.47. The molecule has 0 aromatic heterocycles. The highest BCUT2D eigenvalue weighted by molar-refractivity contribution is 5.74. The molecule has 6 nitrogen and oxygen atoms in total. The van der Waals surface area contributed by atoms with Crippen LogP contribution in [0, 0.1) is 11.8 Å². The summed E-state index contributed by atoms with van der Waals surface area (Å²) in [4.78, 5) is 11.4. The van der Waals surface area contributed by atoms with E-state index in [4.69, 9.17) is 19.9 Å². The van der Waals surface area contributed by atoms with E-state index >= 15 is 0 Å². The molecule has 1 amide bonds. The highest BCUT2D eigenvalue weighted by atomic mass is 16.7. The zero-order valence-corrected chi connectivity index (χ0v) is 15.1. The molecule has 26 heavy (non-hydrogen) atoms. The van der Waals surface area contributed by atoms with Crippen molar-refractivity contribution >= 4 is 5.91 Å². The molecule has 0 bridgehead atoms. The third-order valence-corrected chi connectivity index (χ3v) is 5.35. The van der Waals surface area contributed by atoms with Crippen molar-refractivity contribution in [1.82, 2.24) is 0 Å². The summed E-state index contributed by atoms with van der Waals surface area (Å²) >= 11 is 0. The number of carbonyl (C=O) groups excluding carboxylic acids is 1. The lowest BCUT2D eigenvalue weighted by atomic mass is 9.91. The van der Waals surface area contributed by atoms with E-state index in [2.05, 4.69) is 0 Å². The average molecular weight is 363 g/mol. The van der Waals surface area contributed by atoms with Gasteiger partial charge < -0.3 is 25.1 Å². The van der Waals surface area contributed by atoms with E-state index in [9.17, 15) is 9.90 Å². The maximum atomic E-state index is 11.4. The molecule has 1 saturated heterocycles. The van der Waals surface area contributed by atoms with Crippen LogP contribution in [0.25, 0.3) is 0 Å². The van der Waals surface area contributed by atoms with Gasteiger partial charge in [-0.25, -0.2) is 0 Å². The molecule has 3 rings (SSSR count). The van der Waals surface area contributed by atoms with Crippen molar-refractivity contribution in [1.29, 1.82) is 0 Å². The van der Waals surface area contributed by atoms with Crippen LogP contribution >= 0.6 is 0 Å². The third kappa shape index (κ3) is 5.27. The normalized spacial score (nSPS) is 31.8. The maximum Gasteiger partial charge on any atom is 0.217 e. The minimum Gasteiger partial charge on any atom is -0.393 e. The fourth-order valence-electron chi connectivity index (χ4n) is 3.93. The Morgan fingerprint density at radius 2 is 2.00 bits per heavy atom. The molecule has 1 heterocycles. The van der Waals surface area contributed by atoms with Gasteiger partial charge in [-0.1, -0.05) is 30.3 Å². The van der Waals surface area contributed by atoms with Gasteiger partial charge >= 0.3 is 0 Å². The molecule has 0 spiro atoms. The summed E-state index contributed by atoms with van der Waals surface area (Å²) in [6.07, 6.45) is 2.69. The van der Waals surface area contributed by atoms with E-state index in [1.54, 1.807) is 0 Å². The van der Waals surface area contributed by atoms with Gasteiger partial charge in [0.25, 0.3) is 0 Å². The molecule has 144 valence electrons. The molecule has 0 radical (unpaired) electrons. The van der Waals surface area contributed by atoms with Gasteiger partial charge in [0.15, 0.2) is 6.29 Å². The number of hydrogen-bond acceptors (Lipinski definition) is 5. The number of hydrogen-bond donors (Lipinski definition) is 2. The molecular weight excluding hydrogens is 334 g/mol. The molecule has 1 aliphatic carbocycles. The van der Waals surface area contributed by atoms with Crippen molar-refractivity contribution in [3.05, 3.63) is 35.9 Å². The van der Waals surface area contributed by atoms with Crippen molar-refractivity contribution in [2.45, 2.75) is 57.2 Å². The number of nitrogens with two attached hydrogens (primary N) is 1. The van der Waals surface area contributed by atoms with E-state index in [0.29, 0.717) is 19.6 Å². The number of ether oxygens (including phenoxy) is 3. The number of primary amides is 1. The molecule has 1 aromatic rings.